The van der Waals surface area contributed by atoms with Gasteiger partial charge in [-0.3, -0.25) is 0 Å². The highest BCUT2D eigenvalue weighted by molar-refractivity contribution is 9.10. The number of rotatable bonds is 2. The van der Waals surface area contributed by atoms with E-state index in [4.69, 9.17) is 8.83 Å². The van der Waals surface area contributed by atoms with Gasteiger partial charge in [0.15, 0.2) is 0 Å². The van der Waals surface area contributed by atoms with Gasteiger partial charge in [0.05, 0.1) is 4.47 Å². The highest BCUT2D eigenvalue weighted by atomic mass is 79.9. The van der Waals surface area contributed by atoms with Crippen LogP contribution in [0.15, 0.2) is 25.4 Å². The molecule has 18 heavy (non-hydrogen) atoms. The second kappa shape index (κ2) is 3.99. The topological polar surface area (TPSA) is 43.4 Å². The van der Waals surface area contributed by atoms with Crippen molar-refractivity contribution in [3.63, 3.8) is 0 Å². The number of carbonyl (C=O) groups is 1. The normalized spacial score (nSPS) is 11.5. The number of furan rings is 2. The van der Waals surface area contributed by atoms with E-state index in [9.17, 15) is 4.79 Å². The van der Waals surface area contributed by atoms with Crippen molar-refractivity contribution in [2.75, 3.05) is 0 Å². The summed E-state index contributed by atoms with van der Waals surface area (Å²) in [5.41, 5.74) is 2.43. The summed E-state index contributed by atoms with van der Waals surface area (Å²) in [7, 11) is 0. The fraction of sp³-hybridized carbons (Fsp3) is 0.214. The largest absolute Gasteiger partial charge is 0.461 e. The summed E-state index contributed by atoms with van der Waals surface area (Å²) in [6.45, 7) is 3.79. The minimum absolute atomic E-state index is 0.326. The van der Waals surface area contributed by atoms with E-state index in [1.165, 1.54) is 0 Å². The molecule has 2 heterocycles. The fourth-order valence-corrected chi connectivity index (χ4v) is 2.92. The van der Waals surface area contributed by atoms with Crippen molar-refractivity contribution in [2.24, 2.45) is 0 Å². The van der Waals surface area contributed by atoms with Gasteiger partial charge in [0.2, 0.25) is 0 Å². The molecule has 0 saturated carbocycles. The van der Waals surface area contributed by atoms with E-state index in [1.807, 2.05) is 26.0 Å². The molecule has 4 heteroatoms. The quantitative estimate of drug-likeness (QED) is 0.663. The van der Waals surface area contributed by atoms with Crippen LogP contribution in [-0.2, 0) is 11.2 Å². The molecule has 0 amide bonds. The lowest BCUT2D eigenvalue weighted by Crippen LogP contribution is -1.88. The predicted molar refractivity (Wildman–Crippen MR) is 72.9 cm³/mol. The molecule has 0 N–H and O–H groups in total. The van der Waals surface area contributed by atoms with Gasteiger partial charge < -0.3 is 13.6 Å². The Morgan fingerprint density at radius 3 is 2.39 bits per heavy atom. The fourth-order valence-electron chi connectivity index (χ4n) is 2.33. The number of hydrogen-bond acceptors (Lipinski definition) is 3. The second-order valence-corrected chi connectivity index (χ2v) is 5.16. The third-order valence-electron chi connectivity index (χ3n) is 3.03. The number of aryl methyl sites for hydroxylation is 2. The molecule has 2 aromatic heterocycles. The zero-order valence-electron chi connectivity index (χ0n) is 10.0. The molecule has 0 unspecified atom stereocenters. The smallest absolute Gasteiger partial charge is 0.149 e. The van der Waals surface area contributed by atoms with Gasteiger partial charge in [0, 0.05) is 22.8 Å². The van der Waals surface area contributed by atoms with E-state index in [-0.39, 0.29) is 0 Å². The molecule has 0 aliphatic heterocycles. The van der Waals surface area contributed by atoms with Crippen LogP contribution >= 0.6 is 15.9 Å². The number of benzene rings is 1. The predicted octanol–water partition coefficient (Wildman–Crippen LogP) is 4.30. The first-order valence-electron chi connectivity index (χ1n) is 5.66. The van der Waals surface area contributed by atoms with Crippen molar-refractivity contribution in [3.05, 3.63) is 33.7 Å². The number of hydrogen-bond donors (Lipinski definition) is 0. The van der Waals surface area contributed by atoms with Gasteiger partial charge in [-0.05, 0) is 41.9 Å². The van der Waals surface area contributed by atoms with Crippen LogP contribution in [0.1, 0.15) is 17.1 Å². The molecule has 0 bridgehead atoms. The van der Waals surface area contributed by atoms with E-state index < -0.39 is 0 Å². The lowest BCUT2D eigenvalue weighted by molar-refractivity contribution is -0.107. The van der Waals surface area contributed by atoms with Gasteiger partial charge in [0.25, 0.3) is 0 Å². The minimum atomic E-state index is 0.326. The van der Waals surface area contributed by atoms with E-state index in [1.54, 1.807) is 0 Å². The van der Waals surface area contributed by atoms with Crippen LogP contribution in [0, 0.1) is 13.8 Å². The van der Waals surface area contributed by atoms with Crippen LogP contribution in [0.25, 0.3) is 21.9 Å². The molecule has 0 saturated heterocycles. The van der Waals surface area contributed by atoms with Gasteiger partial charge in [-0.2, -0.15) is 0 Å². The Labute approximate surface area is 112 Å². The van der Waals surface area contributed by atoms with Crippen LogP contribution in [0.5, 0.6) is 0 Å². The molecule has 92 valence electrons. The molecule has 0 spiro atoms. The highest BCUT2D eigenvalue weighted by Crippen LogP contribution is 2.39. The standard InChI is InChI=1S/C14H11BrO3/c1-7-5-10-9(3-4-16)13-11(6-8(2)17-13)12(15)14(10)18-7/h4-6H,3H2,1-2H3. The number of aldehydes is 1. The van der Waals surface area contributed by atoms with Crippen LogP contribution in [-0.4, -0.2) is 6.29 Å². The molecule has 3 aromatic rings. The molecule has 0 atom stereocenters. The van der Waals surface area contributed by atoms with Gasteiger partial charge >= 0.3 is 0 Å². The summed E-state index contributed by atoms with van der Waals surface area (Å²) in [6.07, 6.45) is 1.22. The summed E-state index contributed by atoms with van der Waals surface area (Å²) in [5, 5.41) is 1.89. The van der Waals surface area contributed by atoms with Gasteiger partial charge in [-0.1, -0.05) is 0 Å². The monoisotopic (exact) mass is 306 g/mol. The number of carbonyl (C=O) groups excluding carboxylic acids is 1. The molecule has 1 aromatic carbocycles. The van der Waals surface area contributed by atoms with E-state index in [0.29, 0.717) is 6.42 Å². The van der Waals surface area contributed by atoms with E-state index in [0.717, 1.165) is 49.8 Å². The van der Waals surface area contributed by atoms with Crippen molar-refractivity contribution in [2.45, 2.75) is 20.3 Å². The molecule has 0 fully saturated rings. The van der Waals surface area contributed by atoms with E-state index in [2.05, 4.69) is 15.9 Å². The zero-order valence-corrected chi connectivity index (χ0v) is 11.6. The lowest BCUT2D eigenvalue weighted by atomic mass is 10.0. The van der Waals surface area contributed by atoms with Crippen LogP contribution in [0.4, 0.5) is 0 Å². The van der Waals surface area contributed by atoms with Crippen LogP contribution in [0.3, 0.4) is 0 Å². The molecule has 0 radical (unpaired) electrons. The Morgan fingerprint density at radius 1 is 1.11 bits per heavy atom. The van der Waals surface area contributed by atoms with Crippen LogP contribution < -0.4 is 0 Å². The third-order valence-corrected chi connectivity index (χ3v) is 3.82. The highest BCUT2D eigenvalue weighted by Gasteiger charge is 2.18. The SMILES string of the molecule is Cc1cc2c(CC=O)c3oc(C)cc3c(Br)c2o1. The third kappa shape index (κ3) is 1.52. The summed E-state index contributed by atoms with van der Waals surface area (Å²) < 4.78 is 12.3. The van der Waals surface area contributed by atoms with Crippen molar-refractivity contribution in [3.8, 4) is 0 Å². The first kappa shape index (κ1) is 11.5. The van der Waals surface area contributed by atoms with Crippen molar-refractivity contribution >= 4 is 44.2 Å². The number of fused-ring (bicyclic) bond motifs is 2. The Kier molecular flexibility index (Phi) is 2.55. The summed E-state index contributed by atoms with van der Waals surface area (Å²) in [5.74, 6) is 1.64. The van der Waals surface area contributed by atoms with Gasteiger partial charge in [-0.25, -0.2) is 0 Å². The Bertz CT molecular complexity index is 707. The maximum absolute atomic E-state index is 10.9. The number of halogens is 1. The Morgan fingerprint density at radius 2 is 1.72 bits per heavy atom. The maximum Gasteiger partial charge on any atom is 0.149 e. The molecule has 0 aliphatic carbocycles. The Hall–Kier alpha value is -1.55. The summed E-state index contributed by atoms with van der Waals surface area (Å²) in [6, 6.07) is 3.89. The first-order valence-corrected chi connectivity index (χ1v) is 6.45. The molecule has 3 rings (SSSR count). The van der Waals surface area contributed by atoms with Gasteiger partial charge in [-0.15, -0.1) is 0 Å². The molecular weight excluding hydrogens is 296 g/mol. The van der Waals surface area contributed by atoms with Gasteiger partial charge in [0.1, 0.15) is 29.0 Å². The average Bonchev–Trinajstić information content (AvgIpc) is 2.88. The summed E-state index contributed by atoms with van der Waals surface area (Å²) in [4.78, 5) is 10.9. The summed E-state index contributed by atoms with van der Waals surface area (Å²) >= 11 is 3.55. The van der Waals surface area contributed by atoms with Crippen LogP contribution in [0.2, 0.25) is 0 Å². The molecule has 3 nitrogen and oxygen atoms in total. The molecular formula is C14H11BrO3. The van der Waals surface area contributed by atoms with Crippen molar-refractivity contribution < 1.29 is 13.6 Å². The van der Waals surface area contributed by atoms with Crippen molar-refractivity contribution in [1.29, 1.82) is 0 Å². The lowest BCUT2D eigenvalue weighted by Gasteiger charge is -2.02. The minimum Gasteiger partial charge on any atom is -0.461 e. The molecule has 0 aliphatic rings. The Balaban J connectivity index is 2.55. The average molecular weight is 307 g/mol. The maximum atomic E-state index is 10.9. The van der Waals surface area contributed by atoms with Crippen molar-refractivity contribution in [1.82, 2.24) is 0 Å². The first-order chi connectivity index (χ1) is 8.61. The zero-order chi connectivity index (χ0) is 12.9. The van der Waals surface area contributed by atoms with E-state index >= 15 is 0 Å². The second-order valence-electron chi connectivity index (χ2n) is 4.36.